The van der Waals surface area contributed by atoms with E-state index >= 15 is 0 Å². The van der Waals surface area contributed by atoms with Gasteiger partial charge in [0.25, 0.3) is 0 Å². The van der Waals surface area contributed by atoms with Gasteiger partial charge in [0.05, 0.1) is 6.61 Å². The first-order valence-corrected chi connectivity index (χ1v) is 8.75. The van der Waals surface area contributed by atoms with Crippen molar-refractivity contribution in [3.63, 3.8) is 0 Å². The molecule has 1 saturated heterocycles. The molecule has 0 aliphatic carbocycles. The summed E-state index contributed by atoms with van der Waals surface area (Å²) in [5, 5.41) is 0. The molecule has 1 aliphatic heterocycles. The van der Waals surface area contributed by atoms with E-state index in [0.717, 1.165) is 32.5 Å². The molecule has 1 unspecified atom stereocenters. The molecule has 1 heterocycles. The third kappa shape index (κ3) is 11.5. The van der Waals surface area contributed by atoms with E-state index < -0.39 is 0 Å². The third-order valence-electron chi connectivity index (χ3n) is 3.83. The monoisotopic (exact) mass is 292 g/mol. The lowest BCUT2D eigenvalue weighted by Gasteiger charge is -2.22. The molecule has 1 fully saturated rings. The summed E-state index contributed by atoms with van der Waals surface area (Å²) >= 11 is 0. The lowest BCUT2D eigenvalue weighted by Crippen LogP contribution is -2.22. The van der Waals surface area contributed by atoms with Crippen LogP contribution in [0.4, 0.5) is 0 Å². The van der Waals surface area contributed by atoms with Gasteiger partial charge in [0, 0.05) is 13.0 Å². The van der Waals surface area contributed by atoms with E-state index in [0.29, 0.717) is 0 Å². The van der Waals surface area contributed by atoms with Crippen LogP contribution in [-0.4, -0.2) is 19.5 Å². The Morgan fingerprint density at radius 3 is 2.52 bits per heavy atom. The Balaban J connectivity index is 1.77. The minimum absolute atomic E-state index is 0.0571. The van der Waals surface area contributed by atoms with Crippen molar-refractivity contribution in [2.75, 3.05) is 13.2 Å². The lowest BCUT2D eigenvalue weighted by molar-refractivity contribution is -0.161. The van der Waals surface area contributed by atoms with E-state index in [-0.39, 0.29) is 6.29 Å². The van der Waals surface area contributed by atoms with Crippen LogP contribution in [0, 0.1) is 12.3 Å². The predicted octanol–water partition coefficient (Wildman–Crippen LogP) is 5.23. The van der Waals surface area contributed by atoms with Gasteiger partial charge in [-0.3, -0.25) is 0 Å². The van der Waals surface area contributed by atoms with Crippen molar-refractivity contribution in [3.8, 4) is 12.3 Å². The maximum absolute atomic E-state index is 5.69. The first-order chi connectivity index (χ1) is 10.4. The molecule has 0 aromatic heterocycles. The summed E-state index contributed by atoms with van der Waals surface area (Å²) in [5.74, 6) is 2.70. The summed E-state index contributed by atoms with van der Waals surface area (Å²) < 4.78 is 11.2. The third-order valence-corrected chi connectivity index (χ3v) is 3.83. The number of terminal acetylenes is 1. The summed E-state index contributed by atoms with van der Waals surface area (Å²) in [5.41, 5.74) is 0. The van der Waals surface area contributed by atoms with Crippen LogP contribution in [0.5, 0.6) is 0 Å². The lowest BCUT2D eigenvalue weighted by atomic mass is 10.1. The van der Waals surface area contributed by atoms with Crippen molar-refractivity contribution < 1.29 is 9.47 Å². The van der Waals surface area contributed by atoms with Crippen LogP contribution in [-0.2, 0) is 9.47 Å². The molecule has 2 heteroatoms. The van der Waals surface area contributed by atoms with Gasteiger partial charge in [-0.05, 0) is 44.9 Å². The molecule has 0 bridgehead atoms. The topological polar surface area (TPSA) is 18.5 Å². The maximum atomic E-state index is 5.69. The molecule has 120 valence electrons. The maximum Gasteiger partial charge on any atom is 0.157 e. The van der Waals surface area contributed by atoms with Gasteiger partial charge in [0.2, 0.25) is 0 Å². The summed E-state index contributed by atoms with van der Waals surface area (Å²) in [6.45, 7) is 1.65. The molecular weight excluding hydrogens is 260 g/mol. The standard InChI is InChI=1S/C19H32O2/c1-2-3-4-5-6-7-8-9-10-11-12-14-17-20-19-16-13-15-18-21-19/h1,11-12,19H,3-10,13-18H2/b12-11+. The van der Waals surface area contributed by atoms with E-state index in [1.54, 1.807) is 0 Å². The molecule has 21 heavy (non-hydrogen) atoms. The number of unbranched alkanes of at least 4 members (excludes halogenated alkanes) is 7. The Kier molecular flexibility index (Phi) is 12.3. The molecule has 1 atom stereocenters. The quantitative estimate of drug-likeness (QED) is 0.278. The average molecular weight is 292 g/mol. The molecule has 0 saturated carbocycles. The van der Waals surface area contributed by atoms with Crippen LogP contribution in [0.15, 0.2) is 12.2 Å². The number of allylic oxidation sites excluding steroid dienone is 1. The highest BCUT2D eigenvalue weighted by Gasteiger charge is 2.12. The average Bonchev–Trinajstić information content (AvgIpc) is 2.53. The van der Waals surface area contributed by atoms with Crippen molar-refractivity contribution in [2.24, 2.45) is 0 Å². The second kappa shape index (κ2) is 14.2. The number of hydrogen-bond donors (Lipinski definition) is 0. The van der Waals surface area contributed by atoms with Crippen molar-refractivity contribution in [1.82, 2.24) is 0 Å². The summed E-state index contributed by atoms with van der Waals surface area (Å²) in [6, 6.07) is 0. The first kappa shape index (κ1) is 18.3. The Hall–Kier alpha value is -0.780. The van der Waals surface area contributed by atoms with Gasteiger partial charge in [-0.25, -0.2) is 0 Å². The fourth-order valence-electron chi connectivity index (χ4n) is 2.54. The van der Waals surface area contributed by atoms with Gasteiger partial charge in [0.15, 0.2) is 6.29 Å². The molecule has 0 aromatic rings. The molecule has 0 spiro atoms. The first-order valence-electron chi connectivity index (χ1n) is 8.75. The molecule has 0 N–H and O–H groups in total. The van der Waals surface area contributed by atoms with E-state index in [2.05, 4.69) is 18.1 Å². The van der Waals surface area contributed by atoms with E-state index in [1.165, 1.54) is 57.8 Å². The number of hydrogen-bond acceptors (Lipinski definition) is 2. The molecule has 1 rings (SSSR count). The largest absolute Gasteiger partial charge is 0.353 e. The van der Waals surface area contributed by atoms with Crippen LogP contribution < -0.4 is 0 Å². The Bertz CT molecular complexity index is 284. The van der Waals surface area contributed by atoms with Gasteiger partial charge in [-0.15, -0.1) is 12.3 Å². The van der Waals surface area contributed by atoms with Crippen LogP contribution in [0.1, 0.15) is 77.0 Å². The fraction of sp³-hybridized carbons (Fsp3) is 0.789. The molecule has 0 radical (unpaired) electrons. The molecule has 2 nitrogen and oxygen atoms in total. The van der Waals surface area contributed by atoms with Gasteiger partial charge in [-0.1, -0.05) is 37.8 Å². The minimum Gasteiger partial charge on any atom is -0.353 e. The molecule has 0 amide bonds. The zero-order valence-corrected chi connectivity index (χ0v) is 13.5. The normalized spacial score (nSPS) is 18.9. The molecule has 0 aromatic carbocycles. The fourth-order valence-corrected chi connectivity index (χ4v) is 2.54. The van der Waals surface area contributed by atoms with Crippen molar-refractivity contribution in [2.45, 2.75) is 83.3 Å². The van der Waals surface area contributed by atoms with Crippen LogP contribution >= 0.6 is 0 Å². The smallest absolute Gasteiger partial charge is 0.157 e. The molecular formula is C19H32O2. The summed E-state index contributed by atoms with van der Waals surface area (Å²) in [6.07, 6.45) is 24.3. The Labute approximate surface area is 131 Å². The van der Waals surface area contributed by atoms with Gasteiger partial charge < -0.3 is 9.47 Å². The van der Waals surface area contributed by atoms with E-state index in [4.69, 9.17) is 15.9 Å². The summed E-state index contributed by atoms with van der Waals surface area (Å²) in [4.78, 5) is 0. The van der Waals surface area contributed by atoms with Crippen LogP contribution in [0.2, 0.25) is 0 Å². The van der Waals surface area contributed by atoms with Crippen molar-refractivity contribution >= 4 is 0 Å². The SMILES string of the molecule is C#CCCCCCCCC/C=C/CCOC1CCCCO1. The van der Waals surface area contributed by atoms with Crippen LogP contribution in [0.3, 0.4) is 0 Å². The second-order valence-electron chi connectivity index (χ2n) is 5.79. The summed E-state index contributed by atoms with van der Waals surface area (Å²) in [7, 11) is 0. The molecule has 1 aliphatic rings. The number of ether oxygens (including phenoxy) is 2. The van der Waals surface area contributed by atoms with Crippen LogP contribution in [0.25, 0.3) is 0 Å². The predicted molar refractivity (Wildman–Crippen MR) is 89.1 cm³/mol. The minimum atomic E-state index is 0.0571. The zero-order valence-electron chi connectivity index (χ0n) is 13.5. The van der Waals surface area contributed by atoms with E-state index in [1.807, 2.05) is 0 Å². The van der Waals surface area contributed by atoms with Gasteiger partial charge >= 0.3 is 0 Å². The van der Waals surface area contributed by atoms with Crippen molar-refractivity contribution in [3.05, 3.63) is 12.2 Å². The van der Waals surface area contributed by atoms with Gasteiger partial charge in [-0.2, -0.15) is 0 Å². The highest BCUT2D eigenvalue weighted by atomic mass is 16.7. The highest BCUT2D eigenvalue weighted by Crippen LogP contribution is 2.14. The highest BCUT2D eigenvalue weighted by molar-refractivity contribution is 4.83. The Morgan fingerprint density at radius 1 is 1.00 bits per heavy atom. The van der Waals surface area contributed by atoms with E-state index in [9.17, 15) is 0 Å². The Morgan fingerprint density at radius 2 is 1.76 bits per heavy atom. The zero-order chi connectivity index (χ0) is 15.0. The second-order valence-corrected chi connectivity index (χ2v) is 5.79. The van der Waals surface area contributed by atoms with Crippen molar-refractivity contribution in [1.29, 1.82) is 0 Å². The number of rotatable bonds is 12. The van der Waals surface area contributed by atoms with Gasteiger partial charge in [0.1, 0.15) is 0 Å².